The van der Waals surface area contributed by atoms with Gasteiger partial charge in [-0.05, 0) is 49.3 Å². The first-order chi connectivity index (χ1) is 17.8. The van der Waals surface area contributed by atoms with Crippen molar-refractivity contribution in [3.05, 3.63) is 61.8 Å². The number of nitriles is 1. The molecule has 1 aromatic rings. The molecule has 37 heavy (non-hydrogen) atoms. The molecule has 196 valence electrons. The molecule has 2 amide bonds. The van der Waals surface area contributed by atoms with Gasteiger partial charge in [0.1, 0.15) is 11.6 Å². The lowest BCUT2D eigenvalue weighted by Gasteiger charge is -2.27. The number of hydrogen-bond acceptors (Lipinski definition) is 5. The third-order valence-corrected chi connectivity index (χ3v) is 6.50. The zero-order valence-electron chi connectivity index (χ0n) is 22.2. The van der Waals surface area contributed by atoms with Crippen LogP contribution in [0.2, 0.25) is 0 Å². The van der Waals surface area contributed by atoms with Crippen molar-refractivity contribution in [1.29, 1.82) is 5.26 Å². The Labute approximate surface area is 219 Å². The van der Waals surface area contributed by atoms with Crippen LogP contribution in [0, 0.1) is 17.9 Å². The number of allylic oxidation sites excluding steroid dienone is 2. The summed E-state index contributed by atoms with van der Waals surface area (Å²) >= 11 is 0. The fraction of sp³-hybridized carbons (Fsp3) is 0.483. The van der Waals surface area contributed by atoms with Gasteiger partial charge in [-0.15, -0.1) is 0 Å². The van der Waals surface area contributed by atoms with Gasteiger partial charge in [-0.25, -0.2) is 4.85 Å². The van der Waals surface area contributed by atoms with Crippen LogP contribution >= 0.6 is 0 Å². The SMILES string of the molecule is [C-]#[N+]c1c(CCCCC)c(C=CC=C2C(=O)N(CCCC)C(=O)C(C#N)=C2C)c(=O)n(CCCC)c1[O-]. The maximum atomic E-state index is 13.4. The second-order valence-corrected chi connectivity index (χ2v) is 9.09. The highest BCUT2D eigenvalue weighted by atomic mass is 16.3. The summed E-state index contributed by atoms with van der Waals surface area (Å²) in [5, 5.41) is 22.5. The van der Waals surface area contributed by atoms with Crippen molar-refractivity contribution in [2.24, 2.45) is 0 Å². The molecule has 0 atom stereocenters. The van der Waals surface area contributed by atoms with Gasteiger partial charge in [-0.1, -0.05) is 65.0 Å². The Kier molecular flexibility index (Phi) is 11.1. The van der Waals surface area contributed by atoms with E-state index in [1.165, 1.54) is 18.2 Å². The highest BCUT2D eigenvalue weighted by Crippen LogP contribution is 2.32. The van der Waals surface area contributed by atoms with E-state index in [0.29, 0.717) is 24.8 Å². The number of carbonyl (C=O) groups is 2. The smallest absolute Gasteiger partial charge is 0.271 e. The number of amides is 2. The standard InChI is InChI=1S/C29H36N4O4/c1-6-9-12-14-22-23(27(35)33(18-11-8-3)29(37)25(22)31-5)16-13-15-21-20(4)24(19-30)28(36)32(26(21)34)17-10-7-2/h13,15-16,37H,6-12,14,17-18H2,1-4H3/p-1. The number of rotatable bonds is 12. The number of hydrogen-bond donors (Lipinski definition) is 0. The molecule has 2 rings (SSSR count). The molecular formula is C29H35N4O4-. The molecule has 8 nitrogen and oxygen atoms in total. The fourth-order valence-corrected chi connectivity index (χ4v) is 4.28. The van der Waals surface area contributed by atoms with Gasteiger partial charge in [0, 0.05) is 24.2 Å². The quantitative estimate of drug-likeness (QED) is 0.173. The van der Waals surface area contributed by atoms with Crippen molar-refractivity contribution in [2.45, 2.75) is 85.6 Å². The van der Waals surface area contributed by atoms with Gasteiger partial charge in [0.15, 0.2) is 5.69 Å². The highest BCUT2D eigenvalue weighted by Gasteiger charge is 2.34. The van der Waals surface area contributed by atoms with Crippen LogP contribution in [0.3, 0.4) is 0 Å². The van der Waals surface area contributed by atoms with Crippen molar-refractivity contribution in [2.75, 3.05) is 6.54 Å². The maximum absolute atomic E-state index is 13.4. The molecule has 0 saturated heterocycles. The van der Waals surface area contributed by atoms with Crippen LogP contribution in [-0.2, 0) is 22.6 Å². The second-order valence-electron chi connectivity index (χ2n) is 9.09. The van der Waals surface area contributed by atoms with Gasteiger partial charge in [-0.3, -0.25) is 19.3 Å². The molecule has 0 fully saturated rings. The largest absolute Gasteiger partial charge is 0.869 e. The summed E-state index contributed by atoms with van der Waals surface area (Å²) < 4.78 is 1.13. The number of unbranched alkanes of at least 4 members (excludes halogenated alkanes) is 4. The van der Waals surface area contributed by atoms with E-state index < -0.39 is 23.3 Å². The van der Waals surface area contributed by atoms with E-state index in [0.717, 1.165) is 41.6 Å². The molecule has 0 unspecified atom stereocenters. The van der Waals surface area contributed by atoms with Crippen LogP contribution in [-0.4, -0.2) is 27.8 Å². The monoisotopic (exact) mass is 503 g/mol. The van der Waals surface area contributed by atoms with Crippen LogP contribution in [0.4, 0.5) is 5.69 Å². The van der Waals surface area contributed by atoms with E-state index in [1.807, 2.05) is 26.8 Å². The lowest BCUT2D eigenvalue weighted by Crippen LogP contribution is -2.43. The van der Waals surface area contributed by atoms with E-state index in [9.17, 15) is 24.8 Å². The average molecular weight is 504 g/mol. The fourth-order valence-electron chi connectivity index (χ4n) is 4.28. The predicted molar refractivity (Wildman–Crippen MR) is 142 cm³/mol. The number of imide groups is 1. The molecule has 8 heteroatoms. The van der Waals surface area contributed by atoms with Crippen molar-refractivity contribution in [3.63, 3.8) is 0 Å². The van der Waals surface area contributed by atoms with Crippen LogP contribution in [0.25, 0.3) is 10.9 Å². The first-order valence-electron chi connectivity index (χ1n) is 13.0. The molecule has 1 aliphatic rings. The molecule has 0 bridgehead atoms. The molecule has 2 heterocycles. The van der Waals surface area contributed by atoms with Gasteiger partial charge in [-0.2, -0.15) is 5.26 Å². The van der Waals surface area contributed by atoms with Gasteiger partial charge < -0.3 is 9.67 Å². The van der Waals surface area contributed by atoms with Gasteiger partial charge in [0.05, 0.1) is 6.57 Å². The minimum Gasteiger partial charge on any atom is -0.869 e. The predicted octanol–water partition coefficient (Wildman–Crippen LogP) is 4.95. The normalized spacial score (nSPS) is 15.1. The van der Waals surface area contributed by atoms with Crippen molar-refractivity contribution in [1.82, 2.24) is 9.47 Å². The zero-order chi connectivity index (χ0) is 27.5. The van der Waals surface area contributed by atoms with Gasteiger partial charge >= 0.3 is 0 Å². The Morgan fingerprint density at radius 3 is 2.24 bits per heavy atom. The minimum absolute atomic E-state index is 0.0352. The lowest BCUT2D eigenvalue weighted by atomic mass is 9.94. The Bertz CT molecular complexity index is 1270. The lowest BCUT2D eigenvalue weighted by molar-refractivity contribution is -0.278. The molecule has 0 N–H and O–H groups in total. The van der Waals surface area contributed by atoms with Crippen LogP contribution < -0.4 is 10.7 Å². The van der Waals surface area contributed by atoms with E-state index in [2.05, 4.69) is 4.85 Å². The summed E-state index contributed by atoms with van der Waals surface area (Å²) in [5.74, 6) is -1.63. The summed E-state index contributed by atoms with van der Waals surface area (Å²) in [6, 6.07) is 1.91. The average Bonchev–Trinajstić information content (AvgIpc) is 2.88. The van der Waals surface area contributed by atoms with E-state index in [-0.39, 0.29) is 41.1 Å². The Hall–Kier alpha value is -3.91. The van der Waals surface area contributed by atoms with Gasteiger partial charge in [0.2, 0.25) is 0 Å². The summed E-state index contributed by atoms with van der Waals surface area (Å²) in [4.78, 5) is 43.7. The Balaban J connectivity index is 2.65. The van der Waals surface area contributed by atoms with E-state index in [1.54, 1.807) is 6.92 Å². The van der Waals surface area contributed by atoms with Crippen LogP contribution in [0.1, 0.15) is 83.8 Å². The summed E-state index contributed by atoms with van der Waals surface area (Å²) in [6.07, 6.45) is 10.4. The van der Waals surface area contributed by atoms with Crippen LogP contribution in [0.15, 0.2) is 33.7 Å². The molecule has 0 radical (unpaired) electrons. The first-order valence-corrected chi connectivity index (χ1v) is 13.0. The summed E-state index contributed by atoms with van der Waals surface area (Å²) in [5.41, 5.74) is 0.616. The number of carbonyl (C=O) groups excluding carboxylic acids is 2. The molecule has 0 aliphatic carbocycles. The molecular weight excluding hydrogens is 468 g/mol. The highest BCUT2D eigenvalue weighted by molar-refractivity contribution is 6.18. The molecule has 0 aromatic carbocycles. The van der Waals surface area contributed by atoms with Crippen LogP contribution in [0.5, 0.6) is 5.88 Å². The van der Waals surface area contributed by atoms with Gasteiger partial charge in [0.25, 0.3) is 17.4 Å². The molecule has 0 spiro atoms. The molecule has 0 saturated carbocycles. The molecule has 1 aromatic heterocycles. The van der Waals surface area contributed by atoms with Crippen molar-refractivity contribution < 1.29 is 14.7 Å². The summed E-state index contributed by atoms with van der Waals surface area (Å²) in [7, 11) is 0. The third-order valence-electron chi connectivity index (χ3n) is 6.50. The topological polar surface area (TPSA) is 111 Å². The first kappa shape index (κ1) is 29.3. The Morgan fingerprint density at radius 2 is 1.65 bits per heavy atom. The van der Waals surface area contributed by atoms with E-state index in [4.69, 9.17) is 6.57 Å². The third kappa shape index (κ3) is 6.46. The summed E-state index contributed by atoms with van der Waals surface area (Å²) in [6.45, 7) is 15.6. The number of nitrogens with zero attached hydrogens (tertiary/aromatic N) is 4. The maximum Gasteiger partial charge on any atom is 0.271 e. The molecule has 1 aliphatic heterocycles. The van der Waals surface area contributed by atoms with E-state index >= 15 is 0 Å². The number of aromatic nitrogens is 1. The Morgan fingerprint density at radius 1 is 1.00 bits per heavy atom. The number of pyridine rings is 1. The second kappa shape index (κ2) is 14.0. The van der Waals surface area contributed by atoms with Crippen molar-refractivity contribution in [3.8, 4) is 11.9 Å². The zero-order valence-corrected chi connectivity index (χ0v) is 22.2. The van der Waals surface area contributed by atoms with Crippen molar-refractivity contribution >= 4 is 23.6 Å². The minimum atomic E-state index is -0.593.